The van der Waals surface area contributed by atoms with Gasteiger partial charge in [-0.3, -0.25) is 14.3 Å². The molecule has 0 saturated carbocycles. The van der Waals surface area contributed by atoms with Crippen molar-refractivity contribution in [1.82, 2.24) is 39.1 Å². The fourth-order valence-corrected chi connectivity index (χ4v) is 8.88. The Bertz CT molecular complexity index is 2380. The van der Waals surface area contributed by atoms with Crippen molar-refractivity contribution < 1.29 is 4.74 Å². The van der Waals surface area contributed by atoms with E-state index in [9.17, 15) is 9.59 Å². The lowest BCUT2D eigenvalue weighted by molar-refractivity contribution is 0.156. The second-order valence-corrected chi connectivity index (χ2v) is 15.6. The van der Waals surface area contributed by atoms with Gasteiger partial charge in [0, 0.05) is 69.3 Å². The molecule has 0 bridgehead atoms. The van der Waals surface area contributed by atoms with Crippen LogP contribution in [-0.2, 0) is 0 Å². The third-order valence-corrected chi connectivity index (χ3v) is 11.9. The molecule has 0 radical (unpaired) electrons. The third kappa shape index (κ3) is 7.69. The molecule has 3 aromatic carbocycles. The summed E-state index contributed by atoms with van der Waals surface area (Å²) in [5, 5.41) is 5.94. The zero-order valence-electron chi connectivity index (χ0n) is 31.5. The van der Waals surface area contributed by atoms with Crippen molar-refractivity contribution in [2.45, 2.75) is 38.1 Å². The number of hydrogen-bond donors (Lipinski definition) is 2. The number of aromatic amines is 1. The van der Waals surface area contributed by atoms with Gasteiger partial charge in [-0.2, -0.15) is 5.10 Å². The molecule has 13 heteroatoms. The molecule has 3 aliphatic rings. The van der Waals surface area contributed by atoms with Crippen LogP contribution in [0.2, 0.25) is 0 Å². The maximum atomic E-state index is 12.2. The minimum atomic E-state index is -0.426. The number of hydrogen-bond acceptors (Lipinski definition) is 10. The first-order chi connectivity index (χ1) is 27.4. The Morgan fingerprint density at radius 1 is 0.714 bits per heavy atom. The average molecular weight is 753 g/mol. The van der Waals surface area contributed by atoms with Gasteiger partial charge in [-0.05, 0) is 111 Å². The SMILES string of the molecule is Nc1ncnc2c1c(-c1ccc(Oc3ccccc3)cc1)nn2C1CCN(CC2CCN(CC3CCN(c4ccc(-n5ccc(=O)[nH]c5=O)cc4)CC3)C2)CC1. The standard InChI is InChI=1S/C43H48N10O3/c44-41-39-40(32-6-12-37(13-7-32)56-36-4-2-1-3-5-36)48-53(42(39)46-29-45-41)35-17-21-49(22-18-35)27-31-14-20-50(28-31)26-30-15-23-51(24-16-30)33-8-10-34(11-9-33)52-25-19-38(54)47-43(52)55/h1-13,19,25,29-31,35H,14-18,20-24,26-28H2,(H2,44,45,46)(H,47,54,55). The molecule has 3 saturated heterocycles. The number of H-pyrrole nitrogens is 1. The molecule has 6 heterocycles. The zero-order chi connectivity index (χ0) is 38.0. The van der Waals surface area contributed by atoms with E-state index in [1.54, 1.807) is 6.33 Å². The van der Waals surface area contributed by atoms with Gasteiger partial charge in [-0.1, -0.05) is 18.2 Å². The number of aromatic nitrogens is 6. The van der Waals surface area contributed by atoms with Gasteiger partial charge in [0.05, 0.1) is 17.1 Å². The summed E-state index contributed by atoms with van der Waals surface area (Å²) in [5.74, 6) is 3.43. The largest absolute Gasteiger partial charge is 0.457 e. The number of fused-ring (bicyclic) bond motifs is 1. The molecule has 288 valence electrons. The van der Waals surface area contributed by atoms with Crippen LogP contribution < -0.4 is 26.6 Å². The van der Waals surface area contributed by atoms with Crippen LogP contribution in [0.5, 0.6) is 11.5 Å². The molecule has 0 amide bonds. The van der Waals surface area contributed by atoms with Crippen LogP contribution >= 0.6 is 0 Å². The topological polar surface area (TPSA) is 143 Å². The summed E-state index contributed by atoms with van der Waals surface area (Å²) in [6, 6.07) is 27.4. The van der Waals surface area contributed by atoms with Crippen molar-refractivity contribution in [2.75, 3.05) is 63.0 Å². The van der Waals surface area contributed by atoms with Crippen LogP contribution in [0.15, 0.2) is 107 Å². The van der Waals surface area contributed by atoms with Crippen molar-refractivity contribution in [3.63, 3.8) is 0 Å². The van der Waals surface area contributed by atoms with E-state index in [0.29, 0.717) is 17.7 Å². The van der Waals surface area contributed by atoms with Gasteiger partial charge in [-0.15, -0.1) is 0 Å². The Morgan fingerprint density at radius 3 is 2.14 bits per heavy atom. The van der Waals surface area contributed by atoms with Crippen molar-refractivity contribution >= 4 is 22.5 Å². The maximum Gasteiger partial charge on any atom is 0.332 e. The van der Waals surface area contributed by atoms with Crippen LogP contribution in [0, 0.1) is 11.8 Å². The maximum absolute atomic E-state index is 12.2. The molecule has 3 N–H and O–H groups in total. The average Bonchev–Trinajstić information content (AvgIpc) is 3.84. The number of nitrogens with zero attached hydrogens (tertiary/aromatic N) is 8. The molecule has 3 fully saturated rings. The summed E-state index contributed by atoms with van der Waals surface area (Å²) >= 11 is 0. The van der Waals surface area contributed by atoms with Crippen molar-refractivity contribution in [1.29, 1.82) is 0 Å². The highest BCUT2D eigenvalue weighted by atomic mass is 16.5. The smallest absolute Gasteiger partial charge is 0.332 e. The number of ether oxygens (including phenoxy) is 1. The van der Waals surface area contributed by atoms with E-state index in [0.717, 1.165) is 85.0 Å². The van der Waals surface area contributed by atoms with E-state index >= 15 is 0 Å². The molecular weight excluding hydrogens is 705 g/mol. The second-order valence-electron chi connectivity index (χ2n) is 15.6. The Morgan fingerprint density at radius 2 is 1.39 bits per heavy atom. The fraction of sp³-hybridized carbons (Fsp3) is 0.372. The molecule has 56 heavy (non-hydrogen) atoms. The van der Waals surface area contributed by atoms with Crippen LogP contribution in [-0.4, -0.2) is 91.5 Å². The van der Waals surface area contributed by atoms with Crippen molar-refractivity contribution in [2.24, 2.45) is 11.8 Å². The minimum Gasteiger partial charge on any atom is -0.457 e. The second kappa shape index (κ2) is 15.8. The van der Waals surface area contributed by atoms with Gasteiger partial charge in [0.15, 0.2) is 5.65 Å². The van der Waals surface area contributed by atoms with E-state index in [1.807, 2.05) is 66.7 Å². The summed E-state index contributed by atoms with van der Waals surface area (Å²) in [7, 11) is 0. The molecule has 1 unspecified atom stereocenters. The van der Waals surface area contributed by atoms with Crippen LogP contribution in [0.1, 0.15) is 38.1 Å². The fourth-order valence-electron chi connectivity index (χ4n) is 8.88. The number of nitrogens with two attached hydrogens (primary N) is 1. The van der Waals surface area contributed by atoms with Crippen molar-refractivity contribution in [3.05, 3.63) is 118 Å². The van der Waals surface area contributed by atoms with Crippen LogP contribution in [0.25, 0.3) is 28.0 Å². The summed E-state index contributed by atoms with van der Waals surface area (Å²) in [5.41, 5.74) is 10.1. The quantitative estimate of drug-likeness (QED) is 0.182. The predicted octanol–water partition coefficient (Wildman–Crippen LogP) is 5.58. The molecule has 3 aliphatic heterocycles. The number of benzene rings is 3. The van der Waals surface area contributed by atoms with E-state index in [2.05, 4.69) is 46.5 Å². The van der Waals surface area contributed by atoms with Gasteiger partial charge in [-0.25, -0.2) is 19.4 Å². The normalized spacial score (nSPS) is 18.9. The zero-order valence-corrected chi connectivity index (χ0v) is 31.5. The molecule has 0 aliphatic carbocycles. The monoisotopic (exact) mass is 752 g/mol. The van der Waals surface area contributed by atoms with Crippen molar-refractivity contribution in [3.8, 4) is 28.4 Å². The highest BCUT2D eigenvalue weighted by Gasteiger charge is 2.31. The molecule has 9 rings (SSSR count). The number of nitrogen functional groups attached to an aromatic ring is 1. The van der Waals surface area contributed by atoms with E-state index in [-0.39, 0.29) is 11.6 Å². The first kappa shape index (κ1) is 35.9. The molecular formula is C43H48N10O3. The number of para-hydroxylation sites is 1. The lowest BCUT2D eigenvalue weighted by Crippen LogP contribution is -2.40. The van der Waals surface area contributed by atoms with Crippen LogP contribution in [0.3, 0.4) is 0 Å². The Hall–Kier alpha value is -5.79. The summed E-state index contributed by atoms with van der Waals surface area (Å²) < 4.78 is 9.57. The first-order valence-electron chi connectivity index (χ1n) is 19.9. The molecule has 13 nitrogen and oxygen atoms in total. The number of piperidine rings is 2. The summed E-state index contributed by atoms with van der Waals surface area (Å²) in [4.78, 5) is 42.8. The molecule has 1 atom stereocenters. The van der Waals surface area contributed by atoms with E-state index in [4.69, 9.17) is 15.6 Å². The van der Waals surface area contributed by atoms with Gasteiger partial charge < -0.3 is 25.2 Å². The number of anilines is 2. The van der Waals surface area contributed by atoms with Gasteiger partial charge in [0.1, 0.15) is 29.3 Å². The first-order valence-corrected chi connectivity index (χ1v) is 19.9. The Kier molecular flexibility index (Phi) is 10.1. The van der Waals surface area contributed by atoms with Gasteiger partial charge in [0.2, 0.25) is 0 Å². The van der Waals surface area contributed by atoms with Crippen LogP contribution in [0.4, 0.5) is 11.5 Å². The number of nitrogens with one attached hydrogen (secondary N) is 1. The lowest BCUT2D eigenvalue weighted by Gasteiger charge is -2.35. The van der Waals surface area contributed by atoms with E-state index in [1.165, 1.54) is 61.4 Å². The van der Waals surface area contributed by atoms with Gasteiger partial charge >= 0.3 is 5.69 Å². The summed E-state index contributed by atoms with van der Waals surface area (Å²) in [6.07, 6.45) is 8.74. The predicted molar refractivity (Wildman–Crippen MR) is 219 cm³/mol. The molecule has 0 spiro atoms. The Labute approximate surface area is 325 Å². The third-order valence-electron chi connectivity index (χ3n) is 11.9. The molecule has 6 aromatic rings. The lowest BCUT2D eigenvalue weighted by atomic mass is 9.95. The van der Waals surface area contributed by atoms with Gasteiger partial charge in [0.25, 0.3) is 5.56 Å². The number of rotatable bonds is 10. The number of likely N-dealkylation sites (tertiary alicyclic amines) is 2. The Balaban J connectivity index is 0.754. The molecule has 3 aromatic heterocycles. The summed E-state index contributed by atoms with van der Waals surface area (Å²) in [6.45, 7) is 8.88. The van der Waals surface area contributed by atoms with E-state index < -0.39 is 5.69 Å². The minimum absolute atomic E-state index is 0.252. The highest BCUT2D eigenvalue weighted by Crippen LogP contribution is 2.36. The highest BCUT2D eigenvalue weighted by molar-refractivity contribution is 5.98.